The monoisotopic (exact) mass is 462 g/mol. The van der Waals surface area contributed by atoms with Gasteiger partial charge in [0.1, 0.15) is 7.05 Å². The third kappa shape index (κ3) is 4.10. The Hall–Kier alpha value is -2.93. The largest absolute Gasteiger partial charge is 0.213 e. The fourth-order valence-corrected chi connectivity index (χ4v) is 6.57. The molecule has 0 aliphatic heterocycles. The molecule has 1 atom stereocenters. The van der Waals surface area contributed by atoms with Gasteiger partial charge >= 0.3 is 0 Å². The van der Waals surface area contributed by atoms with E-state index in [9.17, 15) is 1.37 Å². The van der Waals surface area contributed by atoms with Crippen LogP contribution in [0, 0.1) is 18.8 Å². The minimum atomic E-state index is -0.728. The zero-order chi connectivity index (χ0) is 25.9. The summed E-state index contributed by atoms with van der Waals surface area (Å²) in [6, 6.07) is 24.2. The Bertz CT molecular complexity index is 1490. The molecular weight excluding hydrogens is 422 g/mol. The highest BCUT2D eigenvalue weighted by atomic mass is 14.9. The van der Waals surface area contributed by atoms with Crippen LogP contribution in [-0.4, -0.2) is 0 Å². The van der Waals surface area contributed by atoms with Crippen molar-refractivity contribution in [2.75, 3.05) is 0 Å². The van der Waals surface area contributed by atoms with Crippen molar-refractivity contribution in [2.24, 2.45) is 18.9 Å². The number of aryl methyl sites for hydroxylation is 2. The van der Waals surface area contributed by atoms with Gasteiger partial charge in [0.2, 0.25) is 5.69 Å². The Balaban J connectivity index is 1.46. The van der Waals surface area contributed by atoms with E-state index >= 15 is 0 Å². The smallest absolute Gasteiger partial charge is 0.201 e. The quantitative estimate of drug-likeness (QED) is 0.267. The second kappa shape index (κ2) is 8.94. The lowest BCUT2D eigenvalue weighted by atomic mass is 9.63. The lowest BCUT2D eigenvalue weighted by Crippen LogP contribution is -2.32. The summed E-state index contributed by atoms with van der Waals surface area (Å²) in [5, 5.41) is 2.41. The zero-order valence-corrected chi connectivity index (χ0v) is 21.6. The molecule has 1 unspecified atom stereocenters. The number of fused-ring (bicyclic) bond motifs is 4. The van der Waals surface area contributed by atoms with E-state index in [1.54, 1.807) is 0 Å². The molecule has 1 nitrogen and oxygen atoms in total. The van der Waals surface area contributed by atoms with Crippen molar-refractivity contribution in [2.45, 2.75) is 64.7 Å². The Morgan fingerprint density at radius 1 is 0.886 bits per heavy atom. The van der Waals surface area contributed by atoms with Crippen LogP contribution >= 0.6 is 0 Å². The maximum absolute atomic E-state index is 9.42. The van der Waals surface area contributed by atoms with E-state index in [1.165, 1.54) is 53.1 Å². The molecule has 3 saturated carbocycles. The first-order chi connectivity index (χ1) is 17.6. The van der Waals surface area contributed by atoms with Gasteiger partial charge in [0.15, 0.2) is 6.20 Å². The van der Waals surface area contributed by atoms with Gasteiger partial charge < -0.3 is 0 Å². The SMILES string of the molecule is [2H]C(C)(C)c1c[n+](C)c(-c2ccccc2C)cc1-c1ccc2cc(C3([2H])CC4CCC3CC4)ccc2c1. The average Bonchev–Trinajstić information content (AvgIpc) is 2.88. The second-order valence-corrected chi connectivity index (χ2v) is 11.1. The molecule has 2 bridgehead atoms. The molecular formula is C34H38N+. The topological polar surface area (TPSA) is 3.88 Å². The van der Waals surface area contributed by atoms with Crippen molar-refractivity contribution in [1.82, 2.24) is 0 Å². The van der Waals surface area contributed by atoms with Crippen LogP contribution in [0.1, 0.15) is 77.2 Å². The molecule has 0 spiro atoms. The van der Waals surface area contributed by atoms with Gasteiger partial charge in [-0.15, -0.1) is 0 Å². The number of nitrogens with zero attached hydrogens (tertiary/aromatic N) is 1. The minimum absolute atomic E-state index is 0.424. The van der Waals surface area contributed by atoms with Gasteiger partial charge in [-0.25, -0.2) is 4.57 Å². The summed E-state index contributed by atoms with van der Waals surface area (Å²) >= 11 is 0. The maximum Gasteiger partial charge on any atom is 0.213 e. The number of rotatable bonds is 4. The van der Waals surface area contributed by atoms with Crippen LogP contribution in [-0.2, 0) is 7.05 Å². The summed E-state index contributed by atoms with van der Waals surface area (Å²) in [4.78, 5) is 0. The Kier molecular flexibility index (Phi) is 5.18. The molecule has 1 aromatic heterocycles. The van der Waals surface area contributed by atoms with Gasteiger partial charge in [-0.05, 0) is 95.0 Å². The summed E-state index contributed by atoms with van der Waals surface area (Å²) in [6.45, 7) is 6.10. The molecule has 3 aromatic carbocycles. The maximum atomic E-state index is 9.42. The number of hydrogen-bond acceptors (Lipinski definition) is 0. The number of benzene rings is 3. The van der Waals surface area contributed by atoms with Crippen molar-refractivity contribution in [1.29, 1.82) is 0 Å². The Labute approximate surface area is 213 Å². The molecule has 3 aliphatic rings. The van der Waals surface area contributed by atoms with Gasteiger partial charge in [0.25, 0.3) is 0 Å². The third-order valence-corrected chi connectivity index (χ3v) is 8.60. The molecule has 3 aliphatic carbocycles. The van der Waals surface area contributed by atoms with Gasteiger partial charge in [0, 0.05) is 19.9 Å². The van der Waals surface area contributed by atoms with E-state index in [2.05, 4.69) is 91.5 Å². The van der Waals surface area contributed by atoms with E-state index in [0.717, 1.165) is 34.7 Å². The standard InChI is InChI=1S/C34H38N/c1-22(2)33-21-35(4)34(30-8-6-5-7-23(30)3)20-32(33)29-16-14-26-18-28(15-13-27(26)19-29)31-17-24-9-11-25(31)12-10-24/h5-8,13-16,18-22,24-25,31H,9-12,17H2,1-4H3/q+1/i22D,31D. The highest BCUT2D eigenvalue weighted by molar-refractivity contribution is 5.89. The van der Waals surface area contributed by atoms with Crippen LogP contribution < -0.4 is 4.57 Å². The van der Waals surface area contributed by atoms with Crippen LogP contribution in [0.5, 0.6) is 0 Å². The summed E-state index contributed by atoms with van der Waals surface area (Å²) < 4.78 is 20.5. The van der Waals surface area contributed by atoms with Crippen molar-refractivity contribution >= 4 is 10.8 Å². The first-order valence-electron chi connectivity index (χ1n) is 14.3. The Morgan fingerprint density at radius 3 is 2.34 bits per heavy atom. The van der Waals surface area contributed by atoms with E-state index in [4.69, 9.17) is 1.37 Å². The molecule has 0 radical (unpaired) electrons. The fraction of sp³-hybridized carbons (Fsp3) is 0.382. The van der Waals surface area contributed by atoms with Crippen molar-refractivity contribution in [3.8, 4) is 22.4 Å². The molecule has 0 saturated heterocycles. The summed E-state index contributed by atoms with van der Waals surface area (Å²) in [6.07, 6.45) is 8.22. The van der Waals surface area contributed by atoms with Gasteiger partial charge in [-0.2, -0.15) is 0 Å². The van der Waals surface area contributed by atoms with Gasteiger partial charge in [-0.3, -0.25) is 0 Å². The molecule has 3 fully saturated rings. The van der Waals surface area contributed by atoms with Crippen molar-refractivity contribution in [3.63, 3.8) is 0 Å². The van der Waals surface area contributed by atoms with E-state index in [-0.39, 0.29) is 0 Å². The summed E-state index contributed by atoms with van der Waals surface area (Å²) in [5.41, 5.74) is 8.09. The fourth-order valence-electron chi connectivity index (χ4n) is 6.57. The van der Waals surface area contributed by atoms with E-state index < -0.39 is 11.8 Å². The van der Waals surface area contributed by atoms with E-state index in [1.807, 2.05) is 13.8 Å². The van der Waals surface area contributed by atoms with Crippen molar-refractivity contribution < 1.29 is 7.31 Å². The van der Waals surface area contributed by atoms with Crippen LogP contribution in [0.3, 0.4) is 0 Å². The lowest BCUT2D eigenvalue weighted by molar-refractivity contribution is -0.660. The predicted octanol–water partition coefficient (Wildman–Crippen LogP) is 8.72. The van der Waals surface area contributed by atoms with Gasteiger partial charge in [0.05, 0.1) is 0 Å². The van der Waals surface area contributed by atoms with Crippen LogP contribution in [0.2, 0.25) is 0 Å². The predicted molar refractivity (Wildman–Crippen MR) is 148 cm³/mol. The molecule has 7 rings (SSSR count). The molecule has 0 amide bonds. The van der Waals surface area contributed by atoms with Crippen LogP contribution in [0.4, 0.5) is 0 Å². The highest BCUT2D eigenvalue weighted by Gasteiger charge is 2.36. The van der Waals surface area contributed by atoms with Crippen LogP contribution in [0.25, 0.3) is 33.2 Å². The number of pyridine rings is 1. The molecule has 1 heterocycles. The van der Waals surface area contributed by atoms with E-state index in [0.29, 0.717) is 5.92 Å². The molecule has 35 heavy (non-hydrogen) atoms. The number of hydrogen-bond donors (Lipinski definition) is 0. The summed E-state index contributed by atoms with van der Waals surface area (Å²) in [7, 11) is 2.08. The van der Waals surface area contributed by atoms with Gasteiger partial charge in [-0.1, -0.05) is 75.2 Å². The first kappa shape index (κ1) is 20.3. The molecule has 178 valence electrons. The lowest BCUT2D eigenvalue weighted by Gasteiger charge is -2.42. The Morgan fingerprint density at radius 2 is 1.63 bits per heavy atom. The normalized spacial score (nSPS) is 24.9. The number of aromatic nitrogens is 1. The molecule has 4 aromatic rings. The first-order valence-corrected chi connectivity index (χ1v) is 13.3. The minimum Gasteiger partial charge on any atom is -0.201 e. The zero-order valence-electron chi connectivity index (χ0n) is 23.6. The second-order valence-electron chi connectivity index (χ2n) is 11.1. The molecule has 1 heteroatoms. The third-order valence-electron chi connectivity index (χ3n) is 8.60. The average molecular weight is 463 g/mol. The molecule has 0 N–H and O–H groups in total. The summed E-state index contributed by atoms with van der Waals surface area (Å²) in [5.74, 6) is 0.0799. The van der Waals surface area contributed by atoms with Crippen molar-refractivity contribution in [3.05, 3.63) is 89.6 Å². The van der Waals surface area contributed by atoms with Crippen LogP contribution in [0.15, 0.2) is 72.9 Å². The highest BCUT2D eigenvalue weighted by Crippen LogP contribution is 2.50.